The SMILES string of the molecule is OC(CC1OCCO1)C1CCOCC1. The summed E-state index contributed by atoms with van der Waals surface area (Å²) >= 11 is 0. The van der Waals surface area contributed by atoms with Crippen LogP contribution in [-0.4, -0.2) is 43.9 Å². The van der Waals surface area contributed by atoms with Crippen molar-refractivity contribution in [3.63, 3.8) is 0 Å². The van der Waals surface area contributed by atoms with Gasteiger partial charge in [0, 0.05) is 19.6 Å². The Hall–Kier alpha value is -0.160. The Morgan fingerprint density at radius 3 is 2.36 bits per heavy atom. The third-order valence-corrected chi connectivity index (χ3v) is 2.93. The van der Waals surface area contributed by atoms with Gasteiger partial charge in [-0.15, -0.1) is 0 Å². The molecular weight excluding hydrogens is 184 g/mol. The van der Waals surface area contributed by atoms with Gasteiger partial charge >= 0.3 is 0 Å². The van der Waals surface area contributed by atoms with Crippen LogP contribution in [0.5, 0.6) is 0 Å². The van der Waals surface area contributed by atoms with E-state index in [9.17, 15) is 5.11 Å². The molecule has 4 nitrogen and oxygen atoms in total. The molecule has 0 aromatic carbocycles. The molecule has 2 rings (SSSR count). The summed E-state index contributed by atoms with van der Waals surface area (Å²) in [6.07, 6.45) is 2.02. The van der Waals surface area contributed by atoms with E-state index in [0.717, 1.165) is 26.1 Å². The molecule has 1 unspecified atom stereocenters. The number of ether oxygens (including phenoxy) is 3. The summed E-state index contributed by atoms with van der Waals surface area (Å²) in [6.45, 7) is 2.86. The lowest BCUT2D eigenvalue weighted by Gasteiger charge is -2.27. The van der Waals surface area contributed by atoms with Crippen molar-refractivity contribution in [1.82, 2.24) is 0 Å². The van der Waals surface area contributed by atoms with Crippen LogP contribution in [0.15, 0.2) is 0 Å². The topological polar surface area (TPSA) is 47.9 Å². The second-order valence-corrected chi connectivity index (χ2v) is 3.92. The van der Waals surface area contributed by atoms with Crippen molar-refractivity contribution in [2.24, 2.45) is 5.92 Å². The van der Waals surface area contributed by atoms with Gasteiger partial charge in [-0.25, -0.2) is 0 Å². The summed E-state index contributed by atoms with van der Waals surface area (Å²) in [5.74, 6) is 0.358. The Balaban J connectivity index is 1.72. The second kappa shape index (κ2) is 5.07. The van der Waals surface area contributed by atoms with Crippen LogP contribution in [0.25, 0.3) is 0 Å². The van der Waals surface area contributed by atoms with Gasteiger partial charge in [0.05, 0.1) is 19.3 Å². The maximum absolute atomic E-state index is 9.92. The van der Waals surface area contributed by atoms with E-state index in [1.165, 1.54) is 0 Å². The molecule has 0 aromatic heterocycles. The van der Waals surface area contributed by atoms with Crippen molar-refractivity contribution in [2.45, 2.75) is 31.7 Å². The highest BCUT2D eigenvalue weighted by atomic mass is 16.7. The summed E-state index contributed by atoms with van der Waals surface area (Å²) in [5, 5.41) is 9.92. The van der Waals surface area contributed by atoms with Crippen LogP contribution in [0, 0.1) is 5.92 Å². The Bertz CT molecular complexity index is 162. The highest BCUT2D eigenvalue weighted by molar-refractivity contribution is 4.73. The summed E-state index contributed by atoms with van der Waals surface area (Å²) in [4.78, 5) is 0. The molecule has 1 atom stereocenters. The number of hydrogen-bond donors (Lipinski definition) is 1. The largest absolute Gasteiger partial charge is 0.393 e. The molecule has 0 radical (unpaired) electrons. The first-order valence-corrected chi connectivity index (χ1v) is 5.35. The zero-order valence-corrected chi connectivity index (χ0v) is 8.35. The lowest BCUT2D eigenvalue weighted by Crippen LogP contribution is -2.30. The van der Waals surface area contributed by atoms with E-state index >= 15 is 0 Å². The van der Waals surface area contributed by atoms with Gasteiger partial charge in [0.15, 0.2) is 6.29 Å². The molecular formula is C10H18O4. The Kier molecular flexibility index (Phi) is 3.75. The van der Waals surface area contributed by atoms with Crippen LogP contribution in [-0.2, 0) is 14.2 Å². The molecule has 2 saturated heterocycles. The van der Waals surface area contributed by atoms with E-state index in [0.29, 0.717) is 25.6 Å². The number of rotatable bonds is 3. The van der Waals surface area contributed by atoms with Gasteiger partial charge in [-0.2, -0.15) is 0 Å². The zero-order chi connectivity index (χ0) is 9.80. The first-order chi connectivity index (χ1) is 6.86. The van der Waals surface area contributed by atoms with Crippen LogP contribution in [0.2, 0.25) is 0 Å². The molecule has 0 amide bonds. The van der Waals surface area contributed by atoms with Gasteiger partial charge in [-0.05, 0) is 18.8 Å². The highest BCUT2D eigenvalue weighted by Gasteiger charge is 2.27. The molecule has 0 bridgehead atoms. The minimum absolute atomic E-state index is 0.187. The van der Waals surface area contributed by atoms with E-state index in [1.54, 1.807) is 0 Å². The molecule has 2 aliphatic heterocycles. The van der Waals surface area contributed by atoms with Gasteiger partial charge in [0.1, 0.15) is 0 Å². The predicted molar refractivity (Wildman–Crippen MR) is 49.9 cm³/mol. The molecule has 0 spiro atoms. The summed E-state index contributed by atoms with van der Waals surface area (Å²) in [6, 6.07) is 0. The molecule has 1 N–H and O–H groups in total. The molecule has 0 saturated carbocycles. The van der Waals surface area contributed by atoms with Gasteiger partial charge in [-0.1, -0.05) is 0 Å². The monoisotopic (exact) mass is 202 g/mol. The standard InChI is InChI=1S/C10H18O4/c11-9(7-10-13-5-6-14-10)8-1-3-12-4-2-8/h8-11H,1-7H2. The Morgan fingerprint density at radius 1 is 1.07 bits per heavy atom. The maximum atomic E-state index is 9.92. The Labute approximate surface area is 84.1 Å². The lowest BCUT2D eigenvalue weighted by molar-refractivity contribution is -0.0883. The smallest absolute Gasteiger partial charge is 0.160 e. The van der Waals surface area contributed by atoms with Crippen molar-refractivity contribution < 1.29 is 19.3 Å². The number of aliphatic hydroxyl groups is 1. The van der Waals surface area contributed by atoms with E-state index in [4.69, 9.17) is 14.2 Å². The van der Waals surface area contributed by atoms with Crippen LogP contribution >= 0.6 is 0 Å². The summed E-state index contributed by atoms with van der Waals surface area (Å²) in [5.41, 5.74) is 0. The maximum Gasteiger partial charge on any atom is 0.160 e. The fourth-order valence-electron chi connectivity index (χ4n) is 2.03. The van der Waals surface area contributed by atoms with E-state index in [1.807, 2.05) is 0 Å². The normalized spacial score (nSPS) is 28.1. The summed E-state index contributed by atoms with van der Waals surface area (Å²) < 4.78 is 15.8. The summed E-state index contributed by atoms with van der Waals surface area (Å²) in [7, 11) is 0. The average molecular weight is 202 g/mol. The van der Waals surface area contributed by atoms with Gasteiger partial charge in [0.2, 0.25) is 0 Å². The average Bonchev–Trinajstić information content (AvgIpc) is 2.72. The van der Waals surface area contributed by atoms with Gasteiger partial charge in [0.25, 0.3) is 0 Å². The van der Waals surface area contributed by atoms with Crippen LogP contribution in [0.4, 0.5) is 0 Å². The van der Waals surface area contributed by atoms with Crippen molar-refractivity contribution >= 4 is 0 Å². The predicted octanol–water partition coefficient (Wildman–Crippen LogP) is 0.537. The molecule has 4 heteroatoms. The Morgan fingerprint density at radius 2 is 1.71 bits per heavy atom. The van der Waals surface area contributed by atoms with Gasteiger partial charge in [-0.3, -0.25) is 0 Å². The molecule has 82 valence electrons. The van der Waals surface area contributed by atoms with Crippen molar-refractivity contribution in [2.75, 3.05) is 26.4 Å². The molecule has 2 heterocycles. The van der Waals surface area contributed by atoms with Crippen molar-refractivity contribution in [1.29, 1.82) is 0 Å². The number of hydrogen-bond acceptors (Lipinski definition) is 4. The van der Waals surface area contributed by atoms with Crippen molar-refractivity contribution in [3.8, 4) is 0 Å². The quantitative estimate of drug-likeness (QED) is 0.725. The molecule has 14 heavy (non-hydrogen) atoms. The van der Waals surface area contributed by atoms with E-state index < -0.39 is 0 Å². The fraction of sp³-hybridized carbons (Fsp3) is 1.00. The van der Waals surface area contributed by atoms with Crippen LogP contribution in [0.1, 0.15) is 19.3 Å². The minimum atomic E-state index is -0.304. The van der Waals surface area contributed by atoms with E-state index in [2.05, 4.69) is 0 Å². The number of aliphatic hydroxyl groups excluding tert-OH is 1. The molecule has 0 aliphatic carbocycles. The molecule has 2 aliphatic rings. The van der Waals surface area contributed by atoms with E-state index in [-0.39, 0.29) is 12.4 Å². The third kappa shape index (κ3) is 2.67. The van der Waals surface area contributed by atoms with Crippen LogP contribution in [0.3, 0.4) is 0 Å². The fourth-order valence-corrected chi connectivity index (χ4v) is 2.03. The first kappa shape index (κ1) is 10.4. The van der Waals surface area contributed by atoms with Gasteiger partial charge < -0.3 is 19.3 Å². The lowest BCUT2D eigenvalue weighted by atomic mass is 9.92. The minimum Gasteiger partial charge on any atom is -0.393 e. The first-order valence-electron chi connectivity index (χ1n) is 5.35. The molecule has 2 fully saturated rings. The second-order valence-electron chi connectivity index (χ2n) is 3.92. The molecule has 0 aromatic rings. The van der Waals surface area contributed by atoms with Crippen LogP contribution < -0.4 is 0 Å². The zero-order valence-electron chi connectivity index (χ0n) is 8.35. The van der Waals surface area contributed by atoms with Crippen molar-refractivity contribution in [3.05, 3.63) is 0 Å². The highest BCUT2D eigenvalue weighted by Crippen LogP contribution is 2.23. The third-order valence-electron chi connectivity index (χ3n) is 2.93.